The van der Waals surface area contributed by atoms with Crippen LogP contribution in [0.4, 0.5) is 0 Å². The van der Waals surface area contributed by atoms with Crippen molar-refractivity contribution in [1.29, 1.82) is 0 Å². The molecule has 4 N–H and O–H groups in total. The van der Waals surface area contributed by atoms with Gasteiger partial charge in [-0.1, -0.05) is 24.3 Å². The standard InChI is InChI=1S/C24H12O8/c25-21(26)11-5-1-9-2-6-12(22(27)28)18-15(9)17(11)19-13(23(29)30)7-3-10-4-8-14(24(31)32)20(18)16(10)19/h1-8H,(H,25,26)(H,27,28)(H,29,30)(H,31,32). The average molecular weight is 428 g/mol. The molecular weight excluding hydrogens is 416 g/mol. The zero-order valence-electron chi connectivity index (χ0n) is 16.0. The Morgan fingerprint density at radius 3 is 0.781 bits per heavy atom. The van der Waals surface area contributed by atoms with Gasteiger partial charge < -0.3 is 20.4 Å². The molecule has 0 heterocycles. The minimum Gasteiger partial charge on any atom is -0.478 e. The maximum atomic E-state index is 12.1. The number of hydrogen-bond acceptors (Lipinski definition) is 4. The third-order valence-electron chi connectivity index (χ3n) is 5.79. The molecule has 0 amide bonds. The summed E-state index contributed by atoms with van der Waals surface area (Å²) in [5.41, 5.74) is -0.823. The third-order valence-corrected chi connectivity index (χ3v) is 5.79. The van der Waals surface area contributed by atoms with Gasteiger partial charge in [0.1, 0.15) is 0 Å². The van der Waals surface area contributed by atoms with E-state index in [1.807, 2.05) is 0 Å². The third kappa shape index (κ3) is 2.37. The zero-order valence-corrected chi connectivity index (χ0v) is 16.0. The van der Waals surface area contributed by atoms with Crippen LogP contribution < -0.4 is 0 Å². The summed E-state index contributed by atoms with van der Waals surface area (Å²) in [6.45, 7) is 0. The fraction of sp³-hybridized carbons (Fsp3) is 0. The molecule has 5 rings (SSSR count). The topological polar surface area (TPSA) is 149 Å². The smallest absolute Gasteiger partial charge is 0.336 e. The minimum absolute atomic E-state index is 0.0612. The van der Waals surface area contributed by atoms with Crippen molar-refractivity contribution in [1.82, 2.24) is 0 Å². The number of carboxylic acid groups (broad SMARTS) is 4. The van der Waals surface area contributed by atoms with Crippen molar-refractivity contribution in [3.8, 4) is 0 Å². The van der Waals surface area contributed by atoms with Crippen molar-refractivity contribution >= 4 is 67.0 Å². The van der Waals surface area contributed by atoms with Crippen LogP contribution in [0.1, 0.15) is 41.4 Å². The predicted octanol–water partition coefficient (Wildman–Crippen LogP) is 4.53. The Morgan fingerprint density at radius 2 is 0.594 bits per heavy atom. The normalized spacial score (nSPS) is 11.5. The number of carbonyl (C=O) groups is 4. The van der Waals surface area contributed by atoms with Crippen LogP contribution in [0.3, 0.4) is 0 Å². The maximum absolute atomic E-state index is 12.1. The van der Waals surface area contributed by atoms with Crippen LogP contribution in [0.5, 0.6) is 0 Å². The van der Waals surface area contributed by atoms with E-state index < -0.39 is 23.9 Å². The fourth-order valence-corrected chi connectivity index (χ4v) is 4.59. The van der Waals surface area contributed by atoms with Gasteiger partial charge in [0.2, 0.25) is 0 Å². The highest BCUT2D eigenvalue weighted by molar-refractivity contribution is 6.41. The highest BCUT2D eigenvalue weighted by Crippen LogP contribution is 2.45. The second kappa shape index (κ2) is 6.39. The predicted molar refractivity (Wildman–Crippen MR) is 115 cm³/mol. The first-order valence-corrected chi connectivity index (χ1v) is 9.35. The maximum Gasteiger partial charge on any atom is 0.336 e. The molecule has 0 atom stereocenters. The van der Waals surface area contributed by atoms with Crippen molar-refractivity contribution in [3.05, 3.63) is 70.8 Å². The molecule has 32 heavy (non-hydrogen) atoms. The summed E-state index contributed by atoms with van der Waals surface area (Å²) in [5.74, 6) is -5.28. The van der Waals surface area contributed by atoms with E-state index in [-0.39, 0.29) is 54.6 Å². The monoisotopic (exact) mass is 428 g/mol. The number of fused-ring (bicyclic) bond motifs is 2. The van der Waals surface area contributed by atoms with Gasteiger partial charge in [0.05, 0.1) is 22.3 Å². The number of carboxylic acids is 4. The van der Waals surface area contributed by atoms with Gasteiger partial charge in [-0.2, -0.15) is 0 Å². The molecular formula is C24H12O8. The summed E-state index contributed by atoms with van der Waals surface area (Å²) in [7, 11) is 0. The second-order valence-electron chi connectivity index (χ2n) is 7.37. The Balaban J connectivity index is 2.34. The van der Waals surface area contributed by atoms with Crippen molar-refractivity contribution in [2.75, 3.05) is 0 Å². The summed E-state index contributed by atoms with van der Waals surface area (Å²) < 4.78 is 0. The van der Waals surface area contributed by atoms with E-state index >= 15 is 0 Å². The molecule has 0 aliphatic heterocycles. The van der Waals surface area contributed by atoms with Crippen molar-refractivity contribution < 1.29 is 39.6 Å². The molecule has 0 saturated carbocycles. The molecule has 5 aromatic rings. The molecule has 0 aromatic heterocycles. The molecule has 156 valence electrons. The molecule has 5 aromatic carbocycles. The number of benzene rings is 5. The second-order valence-corrected chi connectivity index (χ2v) is 7.37. The van der Waals surface area contributed by atoms with E-state index in [1.54, 1.807) is 0 Å². The molecule has 0 unspecified atom stereocenters. The number of hydrogen-bond donors (Lipinski definition) is 4. The summed E-state index contributed by atoms with van der Waals surface area (Å²) in [5, 5.41) is 41.0. The van der Waals surface area contributed by atoms with Crippen molar-refractivity contribution in [3.63, 3.8) is 0 Å². The van der Waals surface area contributed by atoms with E-state index in [0.29, 0.717) is 10.8 Å². The van der Waals surface area contributed by atoms with Crippen LogP contribution in [0.15, 0.2) is 48.5 Å². The van der Waals surface area contributed by atoms with Crippen molar-refractivity contribution in [2.45, 2.75) is 0 Å². The highest BCUT2D eigenvalue weighted by atomic mass is 16.4. The van der Waals surface area contributed by atoms with Gasteiger partial charge in [0.25, 0.3) is 0 Å². The summed E-state index contributed by atoms with van der Waals surface area (Å²) in [6, 6.07) is 11.3. The van der Waals surface area contributed by atoms with Crippen LogP contribution in [-0.4, -0.2) is 44.3 Å². The van der Waals surface area contributed by atoms with Gasteiger partial charge in [0.15, 0.2) is 0 Å². The van der Waals surface area contributed by atoms with Crippen LogP contribution in [0.25, 0.3) is 43.1 Å². The average Bonchev–Trinajstić information content (AvgIpc) is 2.75. The number of aromatic carboxylic acids is 4. The zero-order chi connectivity index (χ0) is 22.9. The summed E-state index contributed by atoms with van der Waals surface area (Å²) in [6.07, 6.45) is 0. The molecule has 0 spiro atoms. The highest BCUT2D eigenvalue weighted by Gasteiger charge is 2.27. The van der Waals surface area contributed by atoms with E-state index in [2.05, 4.69) is 0 Å². The Bertz CT molecular complexity index is 1440. The molecule has 0 fully saturated rings. The lowest BCUT2D eigenvalue weighted by molar-refractivity contribution is 0.0686. The molecule has 8 heteroatoms. The molecule has 0 radical (unpaired) electrons. The first-order chi connectivity index (χ1) is 15.2. The van der Waals surface area contributed by atoms with Crippen molar-refractivity contribution in [2.24, 2.45) is 0 Å². The SMILES string of the molecule is O=C(O)c1ccc2ccc(C(=O)O)c3c4c(C(=O)O)ccc5ccc(C(=O)O)c(c1c23)c54. The molecule has 8 nitrogen and oxygen atoms in total. The molecule has 0 aliphatic carbocycles. The summed E-state index contributed by atoms with van der Waals surface area (Å²) in [4.78, 5) is 48.4. The van der Waals surface area contributed by atoms with Crippen LogP contribution in [0, 0.1) is 0 Å². The summed E-state index contributed by atoms with van der Waals surface area (Å²) >= 11 is 0. The Labute approximate surface area is 177 Å². The van der Waals surface area contributed by atoms with Gasteiger partial charge in [-0.05, 0) is 45.8 Å². The Hall–Kier alpha value is -4.72. The number of rotatable bonds is 4. The quantitative estimate of drug-likeness (QED) is 0.241. The van der Waals surface area contributed by atoms with Crippen LogP contribution in [-0.2, 0) is 0 Å². The van der Waals surface area contributed by atoms with E-state index in [4.69, 9.17) is 0 Å². The lowest BCUT2D eigenvalue weighted by atomic mass is 9.82. The fourth-order valence-electron chi connectivity index (χ4n) is 4.59. The largest absolute Gasteiger partial charge is 0.478 e. The van der Waals surface area contributed by atoms with Gasteiger partial charge in [0, 0.05) is 21.5 Å². The van der Waals surface area contributed by atoms with E-state index in [9.17, 15) is 39.6 Å². The van der Waals surface area contributed by atoms with Gasteiger partial charge in [-0.25, -0.2) is 19.2 Å². The first kappa shape index (κ1) is 19.3. The Kier molecular flexibility index (Phi) is 3.84. The van der Waals surface area contributed by atoms with E-state index in [0.717, 1.165) is 0 Å². The van der Waals surface area contributed by atoms with E-state index in [1.165, 1.54) is 48.5 Å². The molecule has 0 bridgehead atoms. The first-order valence-electron chi connectivity index (χ1n) is 9.35. The lowest BCUT2D eigenvalue weighted by Crippen LogP contribution is -2.07. The molecule has 0 aliphatic rings. The van der Waals surface area contributed by atoms with Crippen LogP contribution in [0.2, 0.25) is 0 Å². The van der Waals surface area contributed by atoms with Gasteiger partial charge in [-0.3, -0.25) is 0 Å². The van der Waals surface area contributed by atoms with Crippen LogP contribution >= 0.6 is 0 Å². The van der Waals surface area contributed by atoms with Gasteiger partial charge in [-0.15, -0.1) is 0 Å². The molecule has 0 saturated heterocycles. The Morgan fingerprint density at radius 1 is 0.375 bits per heavy atom. The lowest BCUT2D eigenvalue weighted by Gasteiger charge is -2.20. The van der Waals surface area contributed by atoms with Gasteiger partial charge >= 0.3 is 23.9 Å². The minimum atomic E-state index is -1.32.